The lowest BCUT2D eigenvalue weighted by molar-refractivity contribution is -0.135. The molecule has 9 heteroatoms. The van der Waals surface area contributed by atoms with E-state index < -0.39 is 0 Å². The highest BCUT2D eigenvalue weighted by Crippen LogP contribution is 2.42. The molecule has 0 spiro atoms. The molecule has 1 atom stereocenters. The van der Waals surface area contributed by atoms with Crippen LogP contribution in [0.25, 0.3) is 32.6 Å². The summed E-state index contributed by atoms with van der Waals surface area (Å²) in [7, 11) is 1.86. The topological polar surface area (TPSA) is 73.1 Å². The van der Waals surface area contributed by atoms with E-state index in [1.54, 1.807) is 16.2 Å². The number of pyridine rings is 1. The normalized spacial score (nSPS) is 18.9. The number of rotatable bonds is 3. The van der Waals surface area contributed by atoms with E-state index in [1.807, 2.05) is 39.4 Å². The van der Waals surface area contributed by atoms with E-state index in [-0.39, 0.29) is 17.9 Å². The summed E-state index contributed by atoms with van der Waals surface area (Å²) in [4.78, 5) is 31.1. The third-order valence-corrected chi connectivity index (χ3v) is 8.43. The van der Waals surface area contributed by atoms with Crippen LogP contribution in [0.15, 0.2) is 35.5 Å². The Morgan fingerprint density at radius 1 is 1.17 bits per heavy atom. The molecule has 7 nitrogen and oxygen atoms in total. The van der Waals surface area contributed by atoms with Gasteiger partial charge in [0.05, 0.1) is 33.5 Å². The zero-order chi connectivity index (χ0) is 24.3. The van der Waals surface area contributed by atoms with Crippen LogP contribution in [0.5, 0.6) is 0 Å². The molecular formula is C26H27N5O2S2. The Balaban J connectivity index is 1.56. The van der Waals surface area contributed by atoms with Crippen LogP contribution in [-0.2, 0) is 16.1 Å². The highest BCUT2D eigenvalue weighted by atomic mass is 32.1. The van der Waals surface area contributed by atoms with Gasteiger partial charge in [0.1, 0.15) is 11.9 Å². The zero-order valence-corrected chi connectivity index (χ0v) is 21.7. The average Bonchev–Trinajstić information content (AvgIpc) is 3.47. The van der Waals surface area contributed by atoms with Crippen molar-refractivity contribution in [3.05, 3.63) is 47.1 Å². The minimum Gasteiger partial charge on any atom is -0.381 e. The van der Waals surface area contributed by atoms with Crippen molar-refractivity contribution in [3.8, 4) is 21.8 Å². The molecule has 3 aromatic heterocycles. The summed E-state index contributed by atoms with van der Waals surface area (Å²) in [6.07, 6.45) is 5.63. The third kappa shape index (κ3) is 3.77. The largest absolute Gasteiger partial charge is 0.381 e. The number of ether oxygens (including phenoxy) is 1. The van der Waals surface area contributed by atoms with Gasteiger partial charge in [-0.25, -0.2) is 9.97 Å². The molecule has 2 aliphatic heterocycles. The number of amides is 1. The van der Waals surface area contributed by atoms with Crippen LogP contribution < -0.4 is 0 Å². The maximum Gasteiger partial charge on any atom is 0.245 e. The van der Waals surface area contributed by atoms with Crippen molar-refractivity contribution in [3.63, 3.8) is 0 Å². The van der Waals surface area contributed by atoms with Gasteiger partial charge in [0, 0.05) is 54.4 Å². The van der Waals surface area contributed by atoms with Crippen molar-refractivity contribution in [1.82, 2.24) is 24.4 Å². The van der Waals surface area contributed by atoms with Crippen LogP contribution in [0.4, 0.5) is 0 Å². The Morgan fingerprint density at radius 2 is 1.97 bits per heavy atom. The molecule has 5 heterocycles. The van der Waals surface area contributed by atoms with Crippen molar-refractivity contribution in [2.45, 2.75) is 50.1 Å². The number of aryl methyl sites for hydroxylation is 1. The summed E-state index contributed by atoms with van der Waals surface area (Å²) in [6.45, 7) is 5.94. The van der Waals surface area contributed by atoms with Gasteiger partial charge in [-0.3, -0.25) is 9.78 Å². The summed E-state index contributed by atoms with van der Waals surface area (Å²) in [5.74, 6) is 1.37. The minimum absolute atomic E-state index is 0.116. The molecule has 0 bridgehead atoms. The lowest BCUT2D eigenvalue weighted by Crippen LogP contribution is -2.40. The van der Waals surface area contributed by atoms with Crippen LogP contribution in [0.2, 0.25) is 0 Å². The zero-order valence-electron chi connectivity index (χ0n) is 20.0. The number of likely N-dealkylation sites (N-methyl/N-ethyl adjacent to an activating group) is 1. The van der Waals surface area contributed by atoms with Gasteiger partial charge < -0.3 is 14.2 Å². The molecule has 1 aromatic carbocycles. The fourth-order valence-corrected chi connectivity index (χ4v) is 6.36. The summed E-state index contributed by atoms with van der Waals surface area (Å²) in [6, 6.07) is 5.93. The van der Waals surface area contributed by atoms with Crippen molar-refractivity contribution in [2.24, 2.45) is 0 Å². The SMILES string of the molecule is Cc1ncc(-c2cc3ccc(S)c(-c4nc(C5CCOCC5)n5c4CN(C)C(=O)[C@H]5C)c3cn2)s1. The van der Waals surface area contributed by atoms with Crippen molar-refractivity contribution >= 4 is 40.6 Å². The third-order valence-electron chi connectivity index (χ3n) is 7.12. The van der Waals surface area contributed by atoms with Gasteiger partial charge in [-0.2, -0.15) is 0 Å². The van der Waals surface area contributed by atoms with E-state index in [2.05, 4.69) is 21.7 Å². The monoisotopic (exact) mass is 505 g/mol. The number of benzene rings is 1. The molecule has 35 heavy (non-hydrogen) atoms. The Labute approximate surface area is 213 Å². The van der Waals surface area contributed by atoms with E-state index in [0.29, 0.717) is 6.54 Å². The number of carbonyl (C=O) groups excluding carboxylic acids is 1. The molecule has 1 saturated heterocycles. The van der Waals surface area contributed by atoms with Gasteiger partial charge in [0.25, 0.3) is 0 Å². The fraction of sp³-hybridized carbons (Fsp3) is 0.385. The summed E-state index contributed by atoms with van der Waals surface area (Å²) < 4.78 is 7.79. The molecule has 0 unspecified atom stereocenters. The van der Waals surface area contributed by atoms with Crippen LogP contribution in [0.3, 0.4) is 0 Å². The number of thiazole rings is 1. The van der Waals surface area contributed by atoms with Crippen molar-refractivity contribution in [1.29, 1.82) is 0 Å². The number of carbonyl (C=O) groups is 1. The van der Waals surface area contributed by atoms with Crippen LogP contribution in [0, 0.1) is 6.92 Å². The Bertz CT molecular complexity index is 1450. The van der Waals surface area contributed by atoms with Gasteiger partial charge in [-0.05, 0) is 44.2 Å². The van der Waals surface area contributed by atoms with E-state index in [9.17, 15) is 4.79 Å². The quantitative estimate of drug-likeness (QED) is 0.385. The lowest BCUT2D eigenvalue weighted by Gasteiger charge is -2.33. The number of aromatic nitrogens is 4. The molecule has 2 aliphatic rings. The van der Waals surface area contributed by atoms with Crippen LogP contribution >= 0.6 is 24.0 Å². The van der Waals surface area contributed by atoms with Gasteiger partial charge in [-0.1, -0.05) is 6.07 Å². The molecule has 1 fully saturated rings. The molecular weight excluding hydrogens is 478 g/mol. The van der Waals surface area contributed by atoms with E-state index in [0.717, 1.165) is 80.1 Å². The Kier molecular flexibility index (Phi) is 5.66. The summed E-state index contributed by atoms with van der Waals surface area (Å²) in [5, 5.41) is 3.11. The molecule has 0 N–H and O–H groups in total. The van der Waals surface area contributed by atoms with Gasteiger partial charge >= 0.3 is 0 Å². The highest BCUT2D eigenvalue weighted by molar-refractivity contribution is 7.80. The number of nitrogens with zero attached hydrogens (tertiary/aromatic N) is 5. The lowest BCUT2D eigenvalue weighted by atomic mass is 9.98. The number of imidazole rings is 1. The first kappa shape index (κ1) is 22.7. The average molecular weight is 506 g/mol. The molecule has 1 amide bonds. The molecule has 0 aliphatic carbocycles. The van der Waals surface area contributed by atoms with Gasteiger partial charge in [0.15, 0.2) is 0 Å². The first-order chi connectivity index (χ1) is 16.9. The second-order valence-corrected chi connectivity index (χ2v) is 11.1. The molecule has 180 valence electrons. The fourth-order valence-electron chi connectivity index (χ4n) is 5.32. The predicted octanol–water partition coefficient (Wildman–Crippen LogP) is 5.25. The number of thiol groups is 1. The summed E-state index contributed by atoms with van der Waals surface area (Å²) >= 11 is 6.51. The standard InChI is InChI=1S/C26H27N5O2S2/c1-14-26(32)30(3)13-20-24(29-25(31(14)20)16-6-8-33-9-7-16)23-18-11-28-19(22-12-27-15(2)35-22)10-17(18)4-5-21(23)34/h4-5,10-12,14,16,34H,6-9,13H2,1-3H3/t14-/m1/s1. The highest BCUT2D eigenvalue weighted by Gasteiger charge is 2.36. The maximum atomic E-state index is 12.9. The van der Waals surface area contributed by atoms with E-state index >= 15 is 0 Å². The van der Waals surface area contributed by atoms with Gasteiger partial charge in [-0.15, -0.1) is 24.0 Å². The minimum atomic E-state index is -0.291. The Morgan fingerprint density at radius 3 is 2.71 bits per heavy atom. The van der Waals surface area contributed by atoms with Crippen LogP contribution in [0.1, 0.15) is 48.3 Å². The number of hydrogen-bond donors (Lipinski definition) is 1. The van der Waals surface area contributed by atoms with Crippen LogP contribution in [-0.4, -0.2) is 50.6 Å². The van der Waals surface area contributed by atoms with E-state index in [1.165, 1.54) is 0 Å². The number of fused-ring (bicyclic) bond motifs is 2. The molecule has 4 aromatic rings. The van der Waals surface area contributed by atoms with Crippen molar-refractivity contribution < 1.29 is 9.53 Å². The van der Waals surface area contributed by atoms with Crippen molar-refractivity contribution in [2.75, 3.05) is 20.3 Å². The first-order valence-electron chi connectivity index (χ1n) is 11.9. The molecule has 0 saturated carbocycles. The number of hydrogen-bond acceptors (Lipinski definition) is 7. The smallest absolute Gasteiger partial charge is 0.245 e. The molecule has 6 rings (SSSR count). The second-order valence-electron chi connectivity index (χ2n) is 9.39. The first-order valence-corrected chi connectivity index (χ1v) is 13.2. The van der Waals surface area contributed by atoms with Gasteiger partial charge in [0.2, 0.25) is 5.91 Å². The second kappa shape index (κ2) is 8.72. The molecule has 0 radical (unpaired) electrons. The maximum absolute atomic E-state index is 12.9. The summed E-state index contributed by atoms with van der Waals surface area (Å²) in [5.41, 5.74) is 3.85. The van der Waals surface area contributed by atoms with E-state index in [4.69, 9.17) is 27.3 Å². The Hall–Kier alpha value is -2.75. The predicted molar refractivity (Wildman–Crippen MR) is 140 cm³/mol.